The summed E-state index contributed by atoms with van der Waals surface area (Å²) in [6.45, 7) is 11.3. The lowest BCUT2D eigenvalue weighted by molar-refractivity contribution is -0.157. The maximum absolute atomic E-state index is 12.2. The summed E-state index contributed by atoms with van der Waals surface area (Å²) >= 11 is 0. The average molecular weight is 466 g/mol. The van der Waals surface area contributed by atoms with Gasteiger partial charge in [-0.2, -0.15) is 0 Å². The second-order valence-electron chi connectivity index (χ2n) is 9.63. The molecule has 0 aromatic heterocycles. The minimum absolute atomic E-state index is 0.180. The van der Waals surface area contributed by atoms with Crippen molar-refractivity contribution in [2.45, 2.75) is 67.4 Å². The molecule has 0 aliphatic rings. The van der Waals surface area contributed by atoms with Gasteiger partial charge in [0.15, 0.2) is 32.8 Å². The standard InChI is InChI=1S/C28H33O4S/c1-27(2,3)31-25-19-23(17-18-24(25)30-20-26(29)32-28(4,5)6)33(21-13-9-7-10-14-21)22-15-11-8-12-16-22/h7-19H,20H2,1-6H3/q+1. The number of hydrogen-bond acceptors (Lipinski definition) is 4. The van der Waals surface area contributed by atoms with Gasteiger partial charge in [0.2, 0.25) is 0 Å². The molecule has 33 heavy (non-hydrogen) atoms. The van der Waals surface area contributed by atoms with Crippen molar-refractivity contribution in [3.05, 3.63) is 78.9 Å². The number of hydrogen-bond donors (Lipinski definition) is 0. The van der Waals surface area contributed by atoms with E-state index in [1.54, 1.807) is 0 Å². The lowest BCUT2D eigenvalue weighted by atomic mass is 10.2. The van der Waals surface area contributed by atoms with Gasteiger partial charge in [-0.25, -0.2) is 4.79 Å². The van der Waals surface area contributed by atoms with E-state index < -0.39 is 17.2 Å². The summed E-state index contributed by atoms with van der Waals surface area (Å²) < 4.78 is 17.5. The van der Waals surface area contributed by atoms with Crippen LogP contribution in [-0.4, -0.2) is 23.8 Å². The Morgan fingerprint density at radius 2 is 1.24 bits per heavy atom. The normalized spacial score (nSPS) is 11.8. The number of esters is 1. The lowest BCUT2D eigenvalue weighted by Gasteiger charge is -2.24. The first-order chi connectivity index (χ1) is 15.5. The Kier molecular flexibility index (Phi) is 7.75. The van der Waals surface area contributed by atoms with Crippen molar-refractivity contribution in [2.75, 3.05) is 6.61 Å². The van der Waals surface area contributed by atoms with Crippen molar-refractivity contribution in [3.8, 4) is 11.5 Å². The third-order valence-corrected chi connectivity index (χ3v) is 6.50. The molecule has 0 heterocycles. The summed E-state index contributed by atoms with van der Waals surface area (Å²) in [5.74, 6) is 0.707. The first-order valence-electron chi connectivity index (χ1n) is 11.0. The van der Waals surface area contributed by atoms with Crippen LogP contribution in [0.5, 0.6) is 11.5 Å². The van der Waals surface area contributed by atoms with Crippen LogP contribution in [0.2, 0.25) is 0 Å². The van der Waals surface area contributed by atoms with Gasteiger partial charge in [0.05, 0.1) is 10.9 Å². The van der Waals surface area contributed by atoms with E-state index in [9.17, 15) is 4.79 Å². The van der Waals surface area contributed by atoms with Crippen LogP contribution in [0.1, 0.15) is 41.5 Å². The first kappa shape index (κ1) is 24.7. The van der Waals surface area contributed by atoms with E-state index >= 15 is 0 Å². The molecule has 3 aromatic carbocycles. The molecule has 0 atom stereocenters. The maximum atomic E-state index is 12.2. The van der Waals surface area contributed by atoms with Crippen molar-refractivity contribution in [1.82, 2.24) is 0 Å². The predicted octanol–water partition coefficient (Wildman–Crippen LogP) is 6.68. The SMILES string of the molecule is CC(C)(C)OC(=O)COc1ccc([S+](c2ccccc2)c2ccccc2)cc1OC(C)(C)C. The van der Waals surface area contributed by atoms with Crippen molar-refractivity contribution in [1.29, 1.82) is 0 Å². The number of rotatable bonds is 7. The number of benzene rings is 3. The summed E-state index contributed by atoms with van der Waals surface area (Å²) in [4.78, 5) is 15.7. The molecule has 0 amide bonds. The highest BCUT2D eigenvalue weighted by Crippen LogP contribution is 2.38. The Labute approximate surface area is 200 Å². The van der Waals surface area contributed by atoms with Crippen LogP contribution in [0, 0.1) is 0 Å². The molecule has 0 fully saturated rings. The van der Waals surface area contributed by atoms with Gasteiger partial charge in [-0.15, -0.1) is 0 Å². The van der Waals surface area contributed by atoms with E-state index in [-0.39, 0.29) is 17.5 Å². The molecule has 0 N–H and O–H groups in total. The molecule has 0 bridgehead atoms. The van der Waals surface area contributed by atoms with Gasteiger partial charge in [0.25, 0.3) is 0 Å². The first-order valence-corrected chi connectivity index (χ1v) is 12.3. The van der Waals surface area contributed by atoms with Gasteiger partial charge in [0, 0.05) is 6.07 Å². The van der Waals surface area contributed by atoms with Crippen molar-refractivity contribution < 1.29 is 19.0 Å². The predicted molar refractivity (Wildman–Crippen MR) is 133 cm³/mol. The molecule has 0 unspecified atom stereocenters. The molecular weight excluding hydrogens is 432 g/mol. The van der Waals surface area contributed by atoms with Crippen LogP contribution in [0.25, 0.3) is 0 Å². The van der Waals surface area contributed by atoms with Gasteiger partial charge >= 0.3 is 5.97 Å². The fourth-order valence-corrected chi connectivity index (χ4v) is 5.28. The van der Waals surface area contributed by atoms with Gasteiger partial charge in [-0.1, -0.05) is 36.4 Å². The molecule has 3 aromatic rings. The average Bonchev–Trinajstić information content (AvgIpc) is 2.72. The van der Waals surface area contributed by atoms with E-state index in [0.717, 1.165) is 4.90 Å². The Morgan fingerprint density at radius 1 is 0.697 bits per heavy atom. The Morgan fingerprint density at radius 3 is 1.73 bits per heavy atom. The molecule has 0 radical (unpaired) electrons. The van der Waals surface area contributed by atoms with Crippen molar-refractivity contribution >= 4 is 16.9 Å². The van der Waals surface area contributed by atoms with Crippen molar-refractivity contribution in [3.63, 3.8) is 0 Å². The lowest BCUT2D eigenvalue weighted by Crippen LogP contribution is -2.28. The van der Waals surface area contributed by atoms with Crippen LogP contribution < -0.4 is 9.47 Å². The Bertz CT molecular complexity index is 1010. The zero-order chi connectivity index (χ0) is 24.1. The van der Waals surface area contributed by atoms with Crippen LogP contribution in [0.3, 0.4) is 0 Å². The zero-order valence-corrected chi connectivity index (χ0v) is 21.1. The molecule has 0 aliphatic heterocycles. The van der Waals surface area contributed by atoms with E-state index in [1.165, 1.54) is 9.79 Å². The van der Waals surface area contributed by atoms with Gasteiger partial charge in [-0.3, -0.25) is 0 Å². The van der Waals surface area contributed by atoms with E-state index in [2.05, 4.69) is 48.5 Å². The second kappa shape index (κ2) is 10.3. The highest BCUT2D eigenvalue weighted by atomic mass is 32.2. The topological polar surface area (TPSA) is 44.8 Å². The third kappa shape index (κ3) is 7.57. The number of carbonyl (C=O) groups is 1. The zero-order valence-electron chi connectivity index (χ0n) is 20.3. The van der Waals surface area contributed by atoms with Crippen LogP contribution in [-0.2, 0) is 20.4 Å². The highest BCUT2D eigenvalue weighted by Gasteiger charge is 2.30. The molecule has 3 rings (SSSR count). The number of ether oxygens (including phenoxy) is 3. The molecule has 0 aliphatic carbocycles. The summed E-state index contributed by atoms with van der Waals surface area (Å²) in [7, 11) is -0.315. The smallest absolute Gasteiger partial charge is 0.344 e. The Balaban J connectivity index is 1.98. The molecule has 174 valence electrons. The summed E-state index contributed by atoms with van der Waals surface area (Å²) in [5, 5.41) is 0. The summed E-state index contributed by atoms with van der Waals surface area (Å²) in [6, 6.07) is 26.8. The molecule has 0 spiro atoms. The molecular formula is C28H33O4S+. The fourth-order valence-electron chi connectivity index (χ4n) is 3.17. The van der Waals surface area contributed by atoms with Gasteiger partial charge in [-0.05, 0) is 77.9 Å². The fraction of sp³-hybridized carbons (Fsp3) is 0.321. The quantitative estimate of drug-likeness (QED) is 0.288. The molecule has 0 saturated carbocycles. The monoisotopic (exact) mass is 465 g/mol. The van der Waals surface area contributed by atoms with E-state index in [0.29, 0.717) is 11.5 Å². The second-order valence-corrected chi connectivity index (χ2v) is 11.7. The summed E-state index contributed by atoms with van der Waals surface area (Å²) in [6.07, 6.45) is 0. The number of carbonyl (C=O) groups excluding carboxylic acids is 1. The summed E-state index contributed by atoms with van der Waals surface area (Å²) in [5.41, 5.74) is -0.991. The van der Waals surface area contributed by atoms with Crippen LogP contribution in [0.4, 0.5) is 0 Å². The molecule has 4 nitrogen and oxygen atoms in total. The van der Waals surface area contributed by atoms with E-state index in [4.69, 9.17) is 14.2 Å². The largest absolute Gasteiger partial charge is 0.484 e. The minimum atomic E-state index is -0.561. The maximum Gasteiger partial charge on any atom is 0.344 e. The van der Waals surface area contributed by atoms with E-state index in [1.807, 2.05) is 71.9 Å². The molecule has 5 heteroatoms. The van der Waals surface area contributed by atoms with Gasteiger partial charge < -0.3 is 14.2 Å². The Hall–Kier alpha value is -2.92. The highest BCUT2D eigenvalue weighted by molar-refractivity contribution is 7.97. The van der Waals surface area contributed by atoms with Crippen LogP contribution >= 0.6 is 0 Å². The van der Waals surface area contributed by atoms with Crippen LogP contribution in [0.15, 0.2) is 93.5 Å². The van der Waals surface area contributed by atoms with Crippen molar-refractivity contribution in [2.24, 2.45) is 0 Å². The minimum Gasteiger partial charge on any atom is -0.484 e. The third-order valence-electron chi connectivity index (χ3n) is 4.29. The van der Waals surface area contributed by atoms with Gasteiger partial charge in [0.1, 0.15) is 11.2 Å². The molecule has 0 saturated heterocycles.